The summed E-state index contributed by atoms with van der Waals surface area (Å²) >= 11 is 1.44. The van der Waals surface area contributed by atoms with Gasteiger partial charge in [0.05, 0.1) is 11.0 Å². The second-order valence-electron chi connectivity index (χ2n) is 3.66. The monoisotopic (exact) mass is 275 g/mol. The van der Waals surface area contributed by atoms with Crippen molar-refractivity contribution >= 4 is 22.8 Å². The topological polar surface area (TPSA) is 105 Å². The van der Waals surface area contributed by atoms with Gasteiger partial charge in [0.2, 0.25) is 5.82 Å². The highest BCUT2D eigenvalue weighted by Crippen LogP contribution is 2.29. The van der Waals surface area contributed by atoms with Gasteiger partial charge < -0.3 is 5.32 Å². The Morgan fingerprint density at radius 3 is 2.89 bits per heavy atom. The summed E-state index contributed by atoms with van der Waals surface area (Å²) in [4.78, 5) is 18.5. The van der Waals surface area contributed by atoms with Crippen molar-refractivity contribution in [1.82, 2.24) is 9.97 Å². The van der Waals surface area contributed by atoms with Crippen molar-refractivity contribution < 1.29 is 4.92 Å². The van der Waals surface area contributed by atoms with Gasteiger partial charge in [-0.15, -0.1) is 11.3 Å². The Balaban J connectivity index is 2.35. The molecule has 0 aliphatic heterocycles. The van der Waals surface area contributed by atoms with Gasteiger partial charge in [-0.2, -0.15) is 5.26 Å². The van der Waals surface area contributed by atoms with Gasteiger partial charge in [-0.3, -0.25) is 10.1 Å². The lowest BCUT2D eigenvalue weighted by molar-refractivity contribution is -0.384. The van der Waals surface area contributed by atoms with Gasteiger partial charge in [0, 0.05) is 17.8 Å². The minimum absolute atomic E-state index is 0.0196. The summed E-state index contributed by atoms with van der Waals surface area (Å²) < 4.78 is 0. The van der Waals surface area contributed by atoms with E-state index in [9.17, 15) is 10.1 Å². The first-order valence-corrected chi connectivity index (χ1v) is 6.21. The molecular formula is C11H9N5O2S. The summed E-state index contributed by atoms with van der Waals surface area (Å²) in [7, 11) is 0. The molecule has 0 saturated heterocycles. The minimum Gasteiger partial charge on any atom is -0.355 e. The Kier molecular flexibility index (Phi) is 3.68. The van der Waals surface area contributed by atoms with E-state index in [1.807, 2.05) is 12.3 Å². The van der Waals surface area contributed by atoms with E-state index in [0.29, 0.717) is 0 Å². The molecule has 7 nitrogen and oxygen atoms in total. The number of nitrogens with zero attached hydrogens (tertiary/aromatic N) is 4. The molecule has 2 aromatic heterocycles. The zero-order valence-corrected chi connectivity index (χ0v) is 10.7. The molecule has 0 amide bonds. The van der Waals surface area contributed by atoms with Crippen molar-refractivity contribution in [3.63, 3.8) is 0 Å². The molecule has 0 spiro atoms. The maximum Gasteiger partial charge on any atom is 0.328 e. The maximum atomic E-state index is 11.0. The Labute approximate surface area is 112 Å². The summed E-state index contributed by atoms with van der Waals surface area (Å²) in [6.07, 6.45) is 3.02. The van der Waals surface area contributed by atoms with Crippen LogP contribution < -0.4 is 5.32 Å². The van der Waals surface area contributed by atoms with Crippen molar-refractivity contribution in [1.29, 1.82) is 5.26 Å². The second-order valence-corrected chi connectivity index (χ2v) is 4.59. The standard InChI is InChI=1S/C11H9N5O2S/c1-7(11-14-4-5-19-11)15-10-9(16(17)18)8(6-12)2-3-13-10/h2-5,7H,1H3,(H,13,15). The van der Waals surface area contributed by atoms with E-state index in [2.05, 4.69) is 15.3 Å². The number of pyridine rings is 1. The van der Waals surface area contributed by atoms with Crippen LogP contribution in [-0.4, -0.2) is 14.9 Å². The molecule has 19 heavy (non-hydrogen) atoms. The van der Waals surface area contributed by atoms with Crippen LogP contribution >= 0.6 is 11.3 Å². The third-order valence-electron chi connectivity index (χ3n) is 2.40. The predicted molar refractivity (Wildman–Crippen MR) is 69.8 cm³/mol. The summed E-state index contributed by atoms with van der Waals surface area (Å²) in [5.41, 5.74) is -0.331. The molecule has 1 unspecified atom stereocenters. The first kappa shape index (κ1) is 12.9. The molecule has 0 fully saturated rings. The molecule has 1 N–H and O–H groups in total. The quantitative estimate of drug-likeness (QED) is 0.678. The largest absolute Gasteiger partial charge is 0.355 e. The number of thiazole rings is 1. The number of hydrogen-bond donors (Lipinski definition) is 1. The van der Waals surface area contributed by atoms with E-state index in [1.165, 1.54) is 23.6 Å². The van der Waals surface area contributed by atoms with Gasteiger partial charge >= 0.3 is 5.69 Å². The first-order chi connectivity index (χ1) is 9.13. The number of rotatable bonds is 4. The van der Waals surface area contributed by atoms with Gasteiger partial charge in [0.25, 0.3) is 0 Å². The molecular weight excluding hydrogens is 266 g/mol. The fourth-order valence-corrected chi connectivity index (χ4v) is 2.20. The first-order valence-electron chi connectivity index (χ1n) is 5.33. The van der Waals surface area contributed by atoms with E-state index in [4.69, 9.17) is 5.26 Å². The number of nitriles is 1. The van der Waals surface area contributed by atoms with Crippen molar-refractivity contribution in [3.8, 4) is 6.07 Å². The van der Waals surface area contributed by atoms with Crippen molar-refractivity contribution in [2.24, 2.45) is 0 Å². The lowest BCUT2D eigenvalue weighted by Crippen LogP contribution is -2.10. The molecule has 2 aromatic rings. The molecule has 0 radical (unpaired) electrons. The molecule has 0 aliphatic carbocycles. The third kappa shape index (κ3) is 2.66. The Bertz CT molecular complexity index is 635. The van der Waals surface area contributed by atoms with Crippen LogP contribution in [0.5, 0.6) is 0 Å². The molecule has 2 rings (SSSR count). The summed E-state index contributed by atoms with van der Waals surface area (Å²) in [6.45, 7) is 1.82. The number of nitrogens with one attached hydrogen (secondary N) is 1. The Morgan fingerprint density at radius 1 is 1.53 bits per heavy atom. The number of hydrogen-bond acceptors (Lipinski definition) is 7. The fourth-order valence-electron chi connectivity index (χ4n) is 1.55. The van der Waals surface area contributed by atoms with Gasteiger partial charge in [0.1, 0.15) is 16.6 Å². The molecule has 96 valence electrons. The van der Waals surface area contributed by atoms with Gasteiger partial charge in [-0.05, 0) is 13.0 Å². The third-order valence-corrected chi connectivity index (χ3v) is 3.36. The predicted octanol–water partition coefficient (Wildman–Crippen LogP) is 2.49. The van der Waals surface area contributed by atoms with Crippen molar-refractivity contribution in [2.45, 2.75) is 13.0 Å². The van der Waals surface area contributed by atoms with Gasteiger partial charge in [-0.1, -0.05) is 0 Å². The van der Waals surface area contributed by atoms with Gasteiger partial charge in [0.15, 0.2) is 0 Å². The van der Waals surface area contributed by atoms with Crippen molar-refractivity contribution in [2.75, 3.05) is 5.32 Å². The van der Waals surface area contributed by atoms with E-state index in [1.54, 1.807) is 12.3 Å². The van der Waals surface area contributed by atoms with Crippen LogP contribution in [-0.2, 0) is 0 Å². The average Bonchev–Trinajstić information content (AvgIpc) is 2.92. The molecule has 2 heterocycles. The van der Waals surface area contributed by atoms with Crippen LogP contribution in [0.1, 0.15) is 23.5 Å². The molecule has 0 aromatic carbocycles. The highest BCUT2D eigenvalue weighted by Gasteiger charge is 2.23. The van der Waals surface area contributed by atoms with Crippen LogP contribution in [0.2, 0.25) is 0 Å². The summed E-state index contributed by atoms with van der Waals surface area (Å²) in [5, 5.41) is 25.4. The van der Waals surface area contributed by atoms with Crippen molar-refractivity contribution in [3.05, 3.63) is 44.5 Å². The van der Waals surface area contributed by atoms with E-state index < -0.39 is 4.92 Å². The Morgan fingerprint density at radius 2 is 2.32 bits per heavy atom. The Hall–Kier alpha value is -2.53. The molecule has 1 atom stereocenters. The van der Waals surface area contributed by atoms with E-state index in [-0.39, 0.29) is 23.1 Å². The van der Waals surface area contributed by atoms with E-state index >= 15 is 0 Å². The molecule has 0 saturated carbocycles. The molecule has 8 heteroatoms. The van der Waals surface area contributed by atoms with Crippen LogP contribution in [0.3, 0.4) is 0 Å². The lowest BCUT2D eigenvalue weighted by atomic mass is 10.2. The summed E-state index contributed by atoms with van der Waals surface area (Å²) in [6, 6.07) is 2.89. The SMILES string of the molecule is CC(Nc1nccc(C#N)c1[N+](=O)[O-])c1nccs1. The lowest BCUT2D eigenvalue weighted by Gasteiger charge is -2.12. The smallest absolute Gasteiger partial charge is 0.328 e. The molecule has 0 aliphatic rings. The van der Waals surface area contributed by atoms with E-state index in [0.717, 1.165) is 5.01 Å². The molecule has 0 bridgehead atoms. The number of aromatic nitrogens is 2. The highest BCUT2D eigenvalue weighted by atomic mass is 32.1. The fraction of sp³-hybridized carbons (Fsp3) is 0.182. The van der Waals surface area contributed by atoms with Crippen LogP contribution in [0.4, 0.5) is 11.5 Å². The van der Waals surface area contributed by atoms with Crippen LogP contribution in [0.15, 0.2) is 23.8 Å². The average molecular weight is 275 g/mol. The summed E-state index contributed by atoms with van der Waals surface area (Å²) in [5.74, 6) is 0.0757. The number of nitro groups is 1. The van der Waals surface area contributed by atoms with Crippen LogP contribution in [0, 0.1) is 21.4 Å². The normalized spacial score (nSPS) is 11.6. The number of anilines is 1. The zero-order valence-electron chi connectivity index (χ0n) is 9.90. The zero-order chi connectivity index (χ0) is 13.8. The van der Waals surface area contributed by atoms with Gasteiger partial charge in [-0.25, -0.2) is 9.97 Å². The second kappa shape index (κ2) is 5.41. The van der Waals surface area contributed by atoms with Crippen LogP contribution in [0.25, 0.3) is 0 Å². The maximum absolute atomic E-state index is 11.0. The highest BCUT2D eigenvalue weighted by molar-refractivity contribution is 7.09. The minimum atomic E-state index is -0.609.